The lowest BCUT2D eigenvalue weighted by Crippen LogP contribution is -2.45. The Balaban J connectivity index is 1.62. The van der Waals surface area contributed by atoms with E-state index in [-0.39, 0.29) is 0 Å². The summed E-state index contributed by atoms with van der Waals surface area (Å²) in [7, 11) is 0. The van der Waals surface area contributed by atoms with Gasteiger partial charge in [0, 0.05) is 25.7 Å². The summed E-state index contributed by atoms with van der Waals surface area (Å²) in [6.45, 7) is 8.57. The normalized spacial score (nSPS) is 28.4. The highest BCUT2D eigenvalue weighted by atomic mass is 16.5. The third kappa shape index (κ3) is 4.21. The Labute approximate surface area is 105 Å². The van der Waals surface area contributed by atoms with Gasteiger partial charge in [-0.15, -0.1) is 0 Å². The van der Waals surface area contributed by atoms with E-state index in [0.717, 1.165) is 32.8 Å². The summed E-state index contributed by atoms with van der Waals surface area (Å²) < 4.78 is 5.36. The third-order valence-electron chi connectivity index (χ3n) is 4.04. The molecule has 2 rings (SSSR count). The van der Waals surface area contributed by atoms with Gasteiger partial charge in [0.2, 0.25) is 0 Å². The van der Waals surface area contributed by atoms with Gasteiger partial charge in [-0.3, -0.25) is 9.80 Å². The number of hydrogen-bond acceptors (Lipinski definition) is 4. The van der Waals surface area contributed by atoms with E-state index in [2.05, 4.69) is 9.80 Å². The van der Waals surface area contributed by atoms with E-state index in [1.165, 1.54) is 45.3 Å². The Morgan fingerprint density at radius 2 is 1.88 bits per heavy atom. The fourth-order valence-corrected chi connectivity index (χ4v) is 2.94. The predicted octanol–water partition coefficient (Wildman–Crippen LogP) is 0.522. The summed E-state index contributed by atoms with van der Waals surface area (Å²) >= 11 is 0. The lowest BCUT2D eigenvalue weighted by Gasteiger charge is -2.35. The lowest BCUT2D eigenvalue weighted by atomic mass is 10.0. The van der Waals surface area contributed by atoms with Crippen molar-refractivity contribution in [1.82, 2.24) is 9.80 Å². The van der Waals surface area contributed by atoms with Crippen molar-refractivity contribution in [3.8, 4) is 0 Å². The van der Waals surface area contributed by atoms with Crippen molar-refractivity contribution in [2.24, 2.45) is 5.73 Å². The first-order valence-corrected chi connectivity index (χ1v) is 7.14. The first-order valence-electron chi connectivity index (χ1n) is 7.14. The molecule has 4 heteroatoms. The molecule has 0 amide bonds. The molecule has 2 saturated heterocycles. The molecule has 2 heterocycles. The van der Waals surface area contributed by atoms with Gasteiger partial charge in [-0.2, -0.15) is 0 Å². The van der Waals surface area contributed by atoms with Crippen LogP contribution >= 0.6 is 0 Å². The standard InChI is InChI=1S/C13H27N3O/c14-12-13-4-1-2-6-16(13)7-3-5-15-8-10-17-11-9-15/h13H,1-12,14H2. The van der Waals surface area contributed by atoms with Crippen LogP contribution in [0.25, 0.3) is 0 Å². The largest absolute Gasteiger partial charge is 0.379 e. The maximum absolute atomic E-state index is 5.84. The van der Waals surface area contributed by atoms with E-state index >= 15 is 0 Å². The molecule has 1 unspecified atom stereocenters. The number of nitrogens with zero attached hydrogens (tertiary/aromatic N) is 2. The van der Waals surface area contributed by atoms with Gasteiger partial charge in [-0.05, 0) is 38.9 Å². The second-order valence-corrected chi connectivity index (χ2v) is 5.23. The Hall–Kier alpha value is -0.160. The quantitative estimate of drug-likeness (QED) is 0.762. The molecule has 17 heavy (non-hydrogen) atoms. The van der Waals surface area contributed by atoms with Crippen LogP contribution in [0.4, 0.5) is 0 Å². The molecular weight excluding hydrogens is 214 g/mol. The highest BCUT2D eigenvalue weighted by Crippen LogP contribution is 2.16. The average molecular weight is 241 g/mol. The van der Waals surface area contributed by atoms with Crippen LogP contribution in [0.2, 0.25) is 0 Å². The minimum absolute atomic E-state index is 0.647. The second-order valence-electron chi connectivity index (χ2n) is 5.23. The van der Waals surface area contributed by atoms with Gasteiger partial charge in [0.15, 0.2) is 0 Å². The zero-order valence-electron chi connectivity index (χ0n) is 10.9. The van der Waals surface area contributed by atoms with Gasteiger partial charge in [0.1, 0.15) is 0 Å². The highest BCUT2D eigenvalue weighted by Gasteiger charge is 2.20. The van der Waals surface area contributed by atoms with E-state index in [1.54, 1.807) is 0 Å². The molecule has 2 aliphatic heterocycles. The maximum Gasteiger partial charge on any atom is 0.0594 e. The second kappa shape index (κ2) is 7.31. The van der Waals surface area contributed by atoms with E-state index in [9.17, 15) is 0 Å². The van der Waals surface area contributed by atoms with Crippen LogP contribution in [0.5, 0.6) is 0 Å². The highest BCUT2D eigenvalue weighted by molar-refractivity contribution is 4.77. The Bertz CT molecular complexity index is 207. The number of likely N-dealkylation sites (tertiary alicyclic amines) is 1. The van der Waals surface area contributed by atoms with E-state index < -0.39 is 0 Å². The number of nitrogens with two attached hydrogens (primary N) is 1. The zero-order valence-corrected chi connectivity index (χ0v) is 10.9. The van der Waals surface area contributed by atoms with Crippen LogP contribution in [-0.4, -0.2) is 68.3 Å². The minimum atomic E-state index is 0.647. The summed E-state index contributed by atoms with van der Waals surface area (Å²) in [5.41, 5.74) is 5.84. The van der Waals surface area contributed by atoms with E-state index in [0.29, 0.717) is 6.04 Å². The monoisotopic (exact) mass is 241 g/mol. The summed E-state index contributed by atoms with van der Waals surface area (Å²) in [4.78, 5) is 5.12. The third-order valence-corrected chi connectivity index (χ3v) is 4.04. The molecule has 100 valence electrons. The van der Waals surface area contributed by atoms with Crippen molar-refractivity contribution in [2.75, 3.05) is 52.5 Å². The van der Waals surface area contributed by atoms with Crippen LogP contribution in [0, 0.1) is 0 Å². The van der Waals surface area contributed by atoms with Crippen molar-refractivity contribution in [3.05, 3.63) is 0 Å². The van der Waals surface area contributed by atoms with Gasteiger partial charge in [-0.25, -0.2) is 0 Å². The first-order chi connectivity index (χ1) is 8.40. The molecule has 0 radical (unpaired) electrons. The summed E-state index contributed by atoms with van der Waals surface area (Å²) in [5.74, 6) is 0. The number of ether oxygens (including phenoxy) is 1. The zero-order chi connectivity index (χ0) is 11.9. The molecule has 0 aliphatic carbocycles. The van der Waals surface area contributed by atoms with Crippen LogP contribution < -0.4 is 5.73 Å². The number of morpholine rings is 1. The Kier molecular flexibility index (Phi) is 5.71. The fourth-order valence-electron chi connectivity index (χ4n) is 2.94. The molecule has 0 spiro atoms. The fraction of sp³-hybridized carbons (Fsp3) is 1.00. The molecule has 0 aromatic heterocycles. The summed E-state index contributed by atoms with van der Waals surface area (Å²) in [6.07, 6.45) is 5.29. The summed E-state index contributed by atoms with van der Waals surface area (Å²) in [5, 5.41) is 0. The molecule has 2 aliphatic rings. The Morgan fingerprint density at radius 3 is 2.65 bits per heavy atom. The van der Waals surface area contributed by atoms with Crippen molar-refractivity contribution < 1.29 is 4.74 Å². The topological polar surface area (TPSA) is 41.7 Å². The number of piperidine rings is 1. The minimum Gasteiger partial charge on any atom is -0.379 e. The van der Waals surface area contributed by atoms with Crippen LogP contribution in [0.3, 0.4) is 0 Å². The van der Waals surface area contributed by atoms with Crippen molar-refractivity contribution >= 4 is 0 Å². The van der Waals surface area contributed by atoms with Gasteiger partial charge in [0.05, 0.1) is 13.2 Å². The Morgan fingerprint density at radius 1 is 1.06 bits per heavy atom. The smallest absolute Gasteiger partial charge is 0.0594 e. The molecule has 2 N–H and O–H groups in total. The van der Waals surface area contributed by atoms with Gasteiger partial charge < -0.3 is 10.5 Å². The van der Waals surface area contributed by atoms with E-state index in [1.807, 2.05) is 0 Å². The molecule has 0 bridgehead atoms. The molecule has 0 saturated carbocycles. The average Bonchev–Trinajstić information content (AvgIpc) is 2.40. The van der Waals surface area contributed by atoms with Crippen LogP contribution in [0.15, 0.2) is 0 Å². The van der Waals surface area contributed by atoms with Gasteiger partial charge in [-0.1, -0.05) is 6.42 Å². The molecule has 0 aromatic carbocycles. The van der Waals surface area contributed by atoms with Crippen molar-refractivity contribution in [1.29, 1.82) is 0 Å². The van der Waals surface area contributed by atoms with Crippen molar-refractivity contribution in [2.45, 2.75) is 31.7 Å². The first kappa shape index (κ1) is 13.3. The maximum atomic E-state index is 5.84. The predicted molar refractivity (Wildman–Crippen MR) is 70.1 cm³/mol. The molecule has 1 atom stereocenters. The summed E-state index contributed by atoms with van der Waals surface area (Å²) in [6, 6.07) is 0.647. The molecular formula is C13H27N3O. The van der Waals surface area contributed by atoms with E-state index in [4.69, 9.17) is 10.5 Å². The SMILES string of the molecule is NCC1CCCCN1CCCN1CCOCC1. The number of rotatable bonds is 5. The molecule has 2 fully saturated rings. The van der Waals surface area contributed by atoms with Gasteiger partial charge >= 0.3 is 0 Å². The van der Waals surface area contributed by atoms with Crippen LogP contribution in [-0.2, 0) is 4.74 Å². The van der Waals surface area contributed by atoms with Gasteiger partial charge in [0.25, 0.3) is 0 Å². The number of hydrogen-bond donors (Lipinski definition) is 1. The lowest BCUT2D eigenvalue weighted by molar-refractivity contribution is 0.0347. The van der Waals surface area contributed by atoms with Crippen molar-refractivity contribution in [3.63, 3.8) is 0 Å². The molecule has 4 nitrogen and oxygen atoms in total. The van der Waals surface area contributed by atoms with Crippen LogP contribution in [0.1, 0.15) is 25.7 Å². The molecule has 0 aromatic rings.